The fourth-order valence-electron chi connectivity index (χ4n) is 2.49. The summed E-state index contributed by atoms with van der Waals surface area (Å²) in [7, 11) is 4.08. The molecule has 0 spiro atoms. The fourth-order valence-corrected chi connectivity index (χ4v) is 2.67. The van der Waals surface area contributed by atoms with Crippen molar-refractivity contribution in [2.45, 2.75) is 6.42 Å². The molecule has 9 heteroatoms. The third-order valence-electron chi connectivity index (χ3n) is 3.85. The van der Waals surface area contributed by atoms with Crippen molar-refractivity contribution in [3.63, 3.8) is 0 Å². The predicted octanol–water partition coefficient (Wildman–Crippen LogP) is 3.77. The van der Waals surface area contributed by atoms with E-state index in [1.807, 2.05) is 14.1 Å². The quantitative estimate of drug-likeness (QED) is 0.509. The molecule has 0 bridgehead atoms. The van der Waals surface area contributed by atoms with E-state index < -0.39 is 5.82 Å². The van der Waals surface area contributed by atoms with Crippen LogP contribution in [-0.4, -0.2) is 52.3 Å². The Morgan fingerprint density at radius 2 is 2.11 bits per heavy atom. The molecule has 0 aliphatic heterocycles. The summed E-state index contributed by atoms with van der Waals surface area (Å²) in [4.78, 5) is 11.0. The Morgan fingerprint density at radius 3 is 2.81 bits per heavy atom. The smallest absolute Gasteiger partial charge is 0.229 e. The summed E-state index contributed by atoms with van der Waals surface area (Å²) in [6.07, 6.45) is 6.20. The first kappa shape index (κ1) is 19.1. The summed E-state index contributed by atoms with van der Waals surface area (Å²) in [6.45, 7) is 1.74. The third kappa shape index (κ3) is 5.15. The van der Waals surface area contributed by atoms with Gasteiger partial charge in [0.15, 0.2) is 0 Å². The fraction of sp³-hybridized carbons (Fsp3) is 0.278. The number of benzene rings is 1. The number of anilines is 3. The van der Waals surface area contributed by atoms with Crippen molar-refractivity contribution in [1.82, 2.24) is 25.1 Å². The van der Waals surface area contributed by atoms with Crippen LogP contribution in [0.4, 0.5) is 21.8 Å². The number of H-pyrrole nitrogens is 1. The second kappa shape index (κ2) is 8.79. The number of halogens is 2. The van der Waals surface area contributed by atoms with Crippen molar-refractivity contribution in [2.75, 3.05) is 37.8 Å². The zero-order chi connectivity index (χ0) is 19.2. The van der Waals surface area contributed by atoms with E-state index in [4.69, 9.17) is 11.6 Å². The van der Waals surface area contributed by atoms with Gasteiger partial charge < -0.3 is 15.5 Å². The lowest BCUT2D eigenvalue weighted by molar-refractivity contribution is 0.405. The Morgan fingerprint density at radius 1 is 1.26 bits per heavy atom. The number of hydrogen-bond acceptors (Lipinski definition) is 6. The van der Waals surface area contributed by atoms with Gasteiger partial charge >= 0.3 is 0 Å². The standard InChI is InChI=1S/C18H21ClFN7/c1-27(2)7-3-6-21-17-14(12-9-23-24-10-12)11-22-18(26-17)25-13-4-5-16(20)15(19)8-13/h4-5,8-11H,3,6-7H2,1-2H3,(H,23,24)(H2,21,22,25,26). The van der Waals surface area contributed by atoms with Crippen molar-refractivity contribution in [2.24, 2.45) is 0 Å². The zero-order valence-electron chi connectivity index (χ0n) is 15.1. The number of hydrogen-bond donors (Lipinski definition) is 3. The van der Waals surface area contributed by atoms with Gasteiger partial charge in [0.2, 0.25) is 5.95 Å². The lowest BCUT2D eigenvalue weighted by atomic mass is 10.2. The molecule has 0 amide bonds. The molecule has 2 aromatic heterocycles. The van der Waals surface area contributed by atoms with E-state index in [1.54, 1.807) is 24.7 Å². The van der Waals surface area contributed by atoms with E-state index in [0.29, 0.717) is 17.5 Å². The summed E-state index contributed by atoms with van der Waals surface area (Å²) in [6, 6.07) is 4.37. The van der Waals surface area contributed by atoms with Crippen molar-refractivity contribution in [3.05, 3.63) is 47.6 Å². The molecule has 142 valence electrons. The molecule has 0 unspecified atom stereocenters. The van der Waals surface area contributed by atoms with Crippen LogP contribution in [0.3, 0.4) is 0 Å². The van der Waals surface area contributed by atoms with Crippen LogP contribution in [-0.2, 0) is 0 Å². The summed E-state index contributed by atoms with van der Waals surface area (Å²) in [5, 5.41) is 13.2. The molecule has 3 aromatic rings. The molecule has 0 radical (unpaired) electrons. The van der Waals surface area contributed by atoms with Crippen molar-refractivity contribution in [3.8, 4) is 11.1 Å². The van der Waals surface area contributed by atoms with Crippen LogP contribution in [0, 0.1) is 5.82 Å². The molecular formula is C18H21ClFN7. The Bertz CT molecular complexity index is 883. The minimum absolute atomic E-state index is 0.0389. The Hall–Kier alpha value is -2.71. The number of rotatable bonds is 8. The molecule has 0 aliphatic rings. The Labute approximate surface area is 162 Å². The summed E-state index contributed by atoms with van der Waals surface area (Å²) in [5.74, 6) is 0.614. The van der Waals surface area contributed by atoms with E-state index in [1.165, 1.54) is 12.1 Å². The van der Waals surface area contributed by atoms with Gasteiger partial charge in [0.25, 0.3) is 0 Å². The number of nitrogens with one attached hydrogen (secondary N) is 3. The SMILES string of the molecule is CN(C)CCCNc1nc(Nc2ccc(F)c(Cl)c2)ncc1-c1cn[nH]c1. The van der Waals surface area contributed by atoms with Crippen LogP contribution in [0.25, 0.3) is 11.1 Å². The maximum Gasteiger partial charge on any atom is 0.229 e. The van der Waals surface area contributed by atoms with Gasteiger partial charge in [-0.3, -0.25) is 5.10 Å². The van der Waals surface area contributed by atoms with E-state index in [9.17, 15) is 4.39 Å². The van der Waals surface area contributed by atoms with E-state index >= 15 is 0 Å². The number of nitrogens with zero attached hydrogens (tertiary/aromatic N) is 4. The van der Waals surface area contributed by atoms with Gasteiger partial charge in [0.1, 0.15) is 11.6 Å². The molecular weight excluding hydrogens is 369 g/mol. The van der Waals surface area contributed by atoms with Gasteiger partial charge in [0.05, 0.1) is 11.2 Å². The van der Waals surface area contributed by atoms with E-state index in [2.05, 4.69) is 35.7 Å². The van der Waals surface area contributed by atoms with Crippen molar-refractivity contribution >= 4 is 29.1 Å². The lowest BCUT2D eigenvalue weighted by Gasteiger charge is -2.14. The Kier molecular flexibility index (Phi) is 6.20. The van der Waals surface area contributed by atoms with Crippen LogP contribution < -0.4 is 10.6 Å². The van der Waals surface area contributed by atoms with Gasteiger partial charge in [-0.25, -0.2) is 9.37 Å². The second-order valence-corrected chi connectivity index (χ2v) is 6.69. The molecule has 0 saturated carbocycles. The maximum atomic E-state index is 13.3. The van der Waals surface area contributed by atoms with Gasteiger partial charge in [-0.05, 0) is 45.3 Å². The van der Waals surface area contributed by atoms with Crippen molar-refractivity contribution < 1.29 is 4.39 Å². The monoisotopic (exact) mass is 389 g/mol. The average Bonchev–Trinajstić information content (AvgIpc) is 3.16. The first-order valence-corrected chi connectivity index (χ1v) is 8.87. The molecule has 2 heterocycles. The van der Waals surface area contributed by atoms with Gasteiger partial charge in [0, 0.05) is 35.8 Å². The van der Waals surface area contributed by atoms with Crippen LogP contribution in [0.15, 0.2) is 36.8 Å². The summed E-state index contributed by atoms with van der Waals surface area (Å²) in [5.41, 5.74) is 2.34. The first-order valence-electron chi connectivity index (χ1n) is 8.50. The molecule has 0 aliphatic carbocycles. The van der Waals surface area contributed by atoms with Gasteiger partial charge in [-0.1, -0.05) is 11.6 Å². The number of aromatic amines is 1. The molecule has 0 fully saturated rings. The number of aromatic nitrogens is 4. The largest absolute Gasteiger partial charge is 0.369 e. The minimum atomic E-state index is -0.471. The molecule has 0 atom stereocenters. The van der Waals surface area contributed by atoms with Gasteiger partial charge in [-0.2, -0.15) is 10.1 Å². The second-order valence-electron chi connectivity index (χ2n) is 6.28. The summed E-state index contributed by atoms with van der Waals surface area (Å²) >= 11 is 5.83. The minimum Gasteiger partial charge on any atom is -0.369 e. The lowest BCUT2D eigenvalue weighted by Crippen LogP contribution is -2.17. The van der Waals surface area contributed by atoms with E-state index in [0.717, 1.165) is 30.6 Å². The molecule has 1 aromatic carbocycles. The third-order valence-corrected chi connectivity index (χ3v) is 4.14. The molecule has 0 saturated heterocycles. The highest BCUT2D eigenvalue weighted by molar-refractivity contribution is 6.31. The first-order chi connectivity index (χ1) is 13.0. The molecule has 3 N–H and O–H groups in total. The highest BCUT2D eigenvalue weighted by Gasteiger charge is 2.11. The summed E-state index contributed by atoms with van der Waals surface area (Å²) < 4.78 is 13.3. The van der Waals surface area contributed by atoms with Crippen LogP contribution in [0.5, 0.6) is 0 Å². The molecule has 27 heavy (non-hydrogen) atoms. The van der Waals surface area contributed by atoms with Crippen LogP contribution in [0.2, 0.25) is 5.02 Å². The normalized spacial score (nSPS) is 11.0. The highest BCUT2D eigenvalue weighted by atomic mass is 35.5. The van der Waals surface area contributed by atoms with Crippen LogP contribution >= 0.6 is 11.6 Å². The van der Waals surface area contributed by atoms with E-state index in [-0.39, 0.29) is 5.02 Å². The van der Waals surface area contributed by atoms with Gasteiger partial charge in [-0.15, -0.1) is 0 Å². The zero-order valence-corrected chi connectivity index (χ0v) is 15.9. The molecule has 3 rings (SSSR count). The van der Waals surface area contributed by atoms with Crippen LogP contribution in [0.1, 0.15) is 6.42 Å². The molecule has 7 nitrogen and oxygen atoms in total. The average molecular weight is 390 g/mol. The topological polar surface area (TPSA) is 81.8 Å². The Balaban J connectivity index is 1.81. The maximum absolute atomic E-state index is 13.3. The van der Waals surface area contributed by atoms with Crippen molar-refractivity contribution in [1.29, 1.82) is 0 Å². The highest BCUT2D eigenvalue weighted by Crippen LogP contribution is 2.27. The predicted molar refractivity (Wildman–Crippen MR) is 106 cm³/mol.